The Morgan fingerprint density at radius 3 is 2.50 bits per heavy atom. The number of rotatable bonds is 7. The molecule has 1 aromatic rings. The van der Waals surface area contributed by atoms with Gasteiger partial charge >= 0.3 is 0 Å². The molecule has 0 radical (unpaired) electrons. The Morgan fingerprint density at radius 2 is 1.96 bits per heavy atom. The maximum Gasteiger partial charge on any atom is 0.219 e. The fraction of sp³-hybridized carbons (Fsp3) is 0.632. The zero-order valence-electron chi connectivity index (χ0n) is 16.1. The molecule has 0 spiro atoms. The molecular weight excluding hydrogens is 352 g/mol. The van der Waals surface area contributed by atoms with Crippen molar-refractivity contribution in [3.8, 4) is 5.75 Å². The first kappa shape index (κ1) is 20.7. The molecular formula is C19H30N2O4S. The number of benzene rings is 1. The highest BCUT2D eigenvalue weighted by molar-refractivity contribution is 7.89. The molecule has 1 heterocycles. The zero-order valence-corrected chi connectivity index (χ0v) is 16.9. The van der Waals surface area contributed by atoms with Crippen LogP contribution >= 0.6 is 0 Å². The van der Waals surface area contributed by atoms with Gasteiger partial charge in [0.1, 0.15) is 5.75 Å². The first-order chi connectivity index (χ1) is 12.2. The van der Waals surface area contributed by atoms with Gasteiger partial charge in [-0.1, -0.05) is 26.0 Å². The van der Waals surface area contributed by atoms with Gasteiger partial charge in [0.05, 0.1) is 12.4 Å². The number of sulfonamides is 1. The van der Waals surface area contributed by atoms with E-state index in [-0.39, 0.29) is 23.6 Å². The minimum Gasteiger partial charge on any atom is -0.493 e. The van der Waals surface area contributed by atoms with E-state index in [1.54, 1.807) is 11.8 Å². The average Bonchev–Trinajstić information content (AvgIpc) is 2.60. The van der Waals surface area contributed by atoms with Gasteiger partial charge in [0.2, 0.25) is 15.9 Å². The molecule has 0 aromatic heterocycles. The Labute approximate surface area is 157 Å². The number of hydrogen-bond donors (Lipinski definition) is 1. The van der Waals surface area contributed by atoms with Crippen LogP contribution in [-0.4, -0.2) is 50.7 Å². The molecule has 6 nitrogen and oxygen atoms in total. The van der Waals surface area contributed by atoms with E-state index in [9.17, 15) is 13.2 Å². The molecule has 26 heavy (non-hydrogen) atoms. The molecule has 1 amide bonds. The molecule has 1 aliphatic heterocycles. The number of carbonyl (C=O) groups is 1. The second-order valence-electron chi connectivity index (χ2n) is 7.18. The van der Waals surface area contributed by atoms with E-state index in [0.717, 1.165) is 5.75 Å². The van der Waals surface area contributed by atoms with Gasteiger partial charge in [0.15, 0.2) is 0 Å². The second kappa shape index (κ2) is 8.86. The monoisotopic (exact) mass is 382 g/mol. The predicted molar refractivity (Wildman–Crippen MR) is 103 cm³/mol. The summed E-state index contributed by atoms with van der Waals surface area (Å²) in [7, 11) is -3.34. The van der Waals surface area contributed by atoms with Crippen LogP contribution < -0.4 is 9.46 Å². The standard InChI is InChI=1S/C19H30N2O4S/c1-5-26(23,24)20-19-12-21(15(4)22)11-10-17(19)13-25-18-8-6-16(7-9-18)14(2)3/h6-9,14,17,19-20H,5,10-13H2,1-4H3/t17-,19+/m1/s1. The summed E-state index contributed by atoms with van der Waals surface area (Å²) >= 11 is 0. The number of nitrogens with one attached hydrogen (secondary N) is 1. The van der Waals surface area contributed by atoms with Gasteiger partial charge in [-0.05, 0) is 37.0 Å². The summed E-state index contributed by atoms with van der Waals surface area (Å²) in [5.41, 5.74) is 1.25. The van der Waals surface area contributed by atoms with Crippen LogP contribution in [0.5, 0.6) is 5.75 Å². The molecule has 2 atom stereocenters. The fourth-order valence-corrected chi connectivity index (χ4v) is 3.98. The van der Waals surface area contributed by atoms with E-state index in [1.165, 1.54) is 12.5 Å². The van der Waals surface area contributed by atoms with Crippen molar-refractivity contribution < 1.29 is 17.9 Å². The fourth-order valence-electron chi connectivity index (χ4n) is 3.09. The summed E-state index contributed by atoms with van der Waals surface area (Å²) in [4.78, 5) is 13.4. The minimum atomic E-state index is -3.34. The Kier molecular flexibility index (Phi) is 7.06. The van der Waals surface area contributed by atoms with Gasteiger partial charge in [-0.15, -0.1) is 0 Å². The van der Waals surface area contributed by atoms with E-state index in [4.69, 9.17) is 4.74 Å². The van der Waals surface area contributed by atoms with Crippen molar-refractivity contribution in [2.45, 2.75) is 46.1 Å². The van der Waals surface area contributed by atoms with E-state index in [0.29, 0.717) is 32.0 Å². The van der Waals surface area contributed by atoms with Crippen LogP contribution in [0.4, 0.5) is 0 Å². The lowest BCUT2D eigenvalue weighted by Crippen LogP contribution is -2.55. The van der Waals surface area contributed by atoms with E-state index in [2.05, 4.69) is 30.7 Å². The van der Waals surface area contributed by atoms with Crippen molar-refractivity contribution in [2.75, 3.05) is 25.4 Å². The highest BCUT2D eigenvalue weighted by Crippen LogP contribution is 2.23. The molecule has 2 rings (SSSR count). The highest BCUT2D eigenvalue weighted by Gasteiger charge is 2.33. The molecule has 146 valence electrons. The van der Waals surface area contributed by atoms with Crippen molar-refractivity contribution in [3.63, 3.8) is 0 Å². The SMILES string of the molecule is CCS(=O)(=O)N[C@H]1CN(C(C)=O)CC[C@@H]1COc1ccc(C(C)C)cc1. The van der Waals surface area contributed by atoms with Crippen LogP contribution in [-0.2, 0) is 14.8 Å². The summed E-state index contributed by atoms with van der Waals surface area (Å²) < 4.78 is 32.7. The second-order valence-corrected chi connectivity index (χ2v) is 9.22. The number of likely N-dealkylation sites (tertiary alicyclic amines) is 1. The Balaban J connectivity index is 2.03. The molecule has 1 aromatic carbocycles. The minimum absolute atomic E-state index is 0.0216. The van der Waals surface area contributed by atoms with Crippen molar-refractivity contribution >= 4 is 15.9 Å². The average molecular weight is 383 g/mol. The molecule has 1 aliphatic rings. The number of amides is 1. The van der Waals surface area contributed by atoms with Crippen LogP contribution in [0.1, 0.15) is 45.6 Å². The van der Waals surface area contributed by atoms with Gasteiger partial charge in [0.25, 0.3) is 0 Å². The lowest BCUT2D eigenvalue weighted by atomic mass is 9.93. The Hall–Kier alpha value is -1.60. The van der Waals surface area contributed by atoms with E-state index < -0.39 is 10.0 Å². The van der Waals surface area contributed by atoms with Crippen LogP contribution in [0, 0.1) is 5.92 Å². The highest BCUT2D eigenvalue weighted by atomic mass is 32.2. The first-order valence-electron chi connectivity index (χ1n) is 9.20. The van der Waals surface area contributed by atoms with Crippen LogP contribution in [0.25, 0.3) is 0 Å². The van der Waals surface area contributed by atoms with Crippen molar-refractivity contribution in [1.82, 2.24) is 9.62 Å². The summed E-state index contributed by atoms with van der Waals surface area (Å²) in [6.07, 6.45) is 0.709. The van der Waals surface area contributed by atoms with E-state index in [1.807, 2.05) is 12.1 Å². The Bertz CT molecular complexity index is 701. The summed E-state index contributed by atoms with van der Waals surface area (Å²) in [5.74, 6) is 1.26. The van der Waals surface area contributed by atoms with Gasteiger partial charge in [-0.3, -0.25) is 4.79 Å². The van der Waals surface area contributed by atoms with Gasteiger partial charge in [-0.25, -0.2) is 13.1 Å². The maximum absolute atomic E-state index is 12.0. The third-order valence-corrected chi connectivity index (χ3v) is 6.35. The maximum atomic E-state index is 12.0. The normalized spacial score (nSPS) is 21.0. The first-order valence-corrected chi connectivity index (χ1v) is 10.8. The zero-order chi connectivity index (χ0) is 19.3. The molecule has 0 bridgehead atoms. The quantitative estimate of drug-likeness (QED) is 0.785. The molecule has 0 aliphatic carbocycles. The summed E-state index contributed by atoms with van der Waals surface area (Å²) in [5, 5.41) is 0. The number of nitrogens with zero attached hydrogens (tertiary/aromatic N) is 1. The molecule has 0 saturated carbocycles. The third-order valence-electron chi connectivity index (χ3n) is 4.92. The van der Waals surface area contributed by atoms with Crippen LogP contribution in [0.2, 0.25) is 0 Å². The van der Waals surface area contributed by atoms with Gasteiger partial charge in [0, 0.05) is 32.0 Å². The third kappa shape index (κ3) is 5.71. The lowest BCUT2D eigenvalue weighted by Gasteiger charge is -2.38. The molecule has 1 fully saturated rings. The lowest BCUT2D eigenvalue weighted by molar-refractivity contribution is -0.130. The van der Waals surface area contributed by atoms with Gasteiger partial charge < -0.3 is 9.64 Å². The topological polar surface area (TPSA) is 75.7 Å². The van der Waals surface area contributed by atoms with Crippen molar-refractivity contribution in [3.05, 3.63) is 29.8 Å². The predicted octanol–water partition coefficient (Wildman–Crippen LogP) is 2.37. The molecule has 0 unspecified atom stereocenters. The molecule has 7 heteroatoms. The van der Waals surface area contributed by atoms with Crippen LogP contribution in [0.15, 0.2) is 24.3 Å². The molecule has 1 saturated heterocycles. The number of carbonyl (C=O) groups excluding carboxylic acids is 1. The van der Waals surface area contributed by atoms with E-state index >= 15 is 0 Å². The number of ether oxygens (including phenoxy) is 1. The summed E-state index contributed by atoms with van der Waals surface area (Å²) in [6, 6.07) is 7.68. The van der Waals surface area contributed by atoms with Crippen molar-refractivity contribution in [1.29, 1.82) is 0 Å². The summed E-state index contributed by atoms with van der Waals surface area (Å²) in [6.45, 7) is 8.83. The van der Waals surface area contributed by atoms with Crippen molar-refractivity contribution in [2.24, 2.45) is 5.92 Å². The Morgan fingerprint density at radius 1 is 1.31 bits per heavy atom. The van der Waals surface area contributed by atoms with Gasteiger partial charge in [-0.2, -0.15) is 0 Å². The molecule has 1 N–H and O–H groups in total. The largest absolute Gasteiger partial charge is 0.493 e. The number of piperidine rings is 1. The van der Waals surface area contributed by atoms with Crippen LogP contribution in [0.3, 0.4) is 0 Å². The number of hydrogen-bond acceptors (Lipinski definition) is 4. The smallest absolute Gasteiger partial charge is 0.219 e.